The van der Waals surface area contributed by atoms with E-state index < -0.39 is 0 Å². The lowest BCUT2D eigenvalue weighted by Gasteiger charge is -2.40. The molecule has 2 heteroatoms. The molecule has 1 aliphatic carbocycles. The SMILES string of the molecule is CCCCOCCC1(CNC(C)(C)C)CCCCC1. The molecule has 0 heterocycles. The molecular weight excluding hydrogens is 234 g/mol. The van der Waals surface area contributed by atoms with Crippen molar-refractivity contribution in [3.05, 3.63) is 0 Å². The second kappa shape index (κ2) is 8.26. The molecule has 0 spiro atoms. The van der Waals surface area contributed by atoms with Crippen LogP contribution < -0.4 is 5.32 Å². The van der Waals surface area contributed by atoms with Crippen LogP contribution in [0.5, 0.6) is 0 Å². The van der Waals surface area contributed by atoms with Crippen molar-refractivity contribution in [1.82, 2.24) is 5.32 Å². The van der Waals surface area contributed by atoms with Crippen molar-refractivity contribution in [3.63, 3.8) is 0 Å². The minimum atomic E-state index is 0.230. The van der Waals surface area contributed by atoms with Crippen LogP contribution in [-0.4, -0.2) is 25.3 Å². The summed E-state index contributed by atoms with van der Waals surface area (Å²) < 4.78 is 5.81. The molecule has 1 fully saturated rings. The maximum absolute atomic E-state index is 5.81. The van der Waals surface area contributed by atoms with Gasteiger partial charge in [-0.3, -0.25) is 0 Å². The van der Waals surface area contributed by atoms with Gasteiger partial charge in [0.2, 0.25) is 0 Å². The molecule has 0 aromatic carbocycles. The van der Waals surface area contributed by atoms with Crippen molar-refractivity contribution in [1.29, 1.82) is 0 Å². The molecular formula is C17H35NO. The minimum absolute atomic E-state index is 0.230. The van der Waals surface area contributed by atoms with E-state index in [0.29, 0.717) is 5.41 Å². The van der Waals surface area contributed by atoms with Gasteiger partial charge in [0, 0.05) is 25.3 Å². The van der Waals surface area contributed by atoms with E-state index in [4.69, 9.17) is 4.74 Å². The first kappa shape index (κ1) is 17.0. The van der Waals surface area contributed by atoms with Gasteiger partial charge >= 0.3 is 0 Å². The Morgan fingerprint density at radius 1 is 1.05 bits per heavy atom. The monoisotopic (exact) mass is 269 g/mol. The highest BCUT2D eigenvalue weighted by Crippen LogP contribution is 2.39. The summed E-state index contributed by atoms with van der Waals surface area (Å²) in [4.78, 5) is 0. The summed E-state index contributed by atoms with van der Waals surface area (Å²) in [6.45, 7) is 12.1. The van der Waals surface area contributed by atoms with Crippen LogP contribution in [0.3, 0.4) is 0 Å². The van der Waals surface area contributed by atoms with Crippen molar-refractivity contribution >= 4 is 0 Å². The van der Waals surface area contributed by atoms with Gasteiger partial charge in [0.25, 0.3) is 0 Å². The average molecular weight is 269 g/mol. The van der Waals surface area contributed by atoms with Crippen LogP contribution in [-0.2, 0) is 4.74 Å². The van der Waals surface area contributed by atoms with E-state index in [9.17, 15) is 0 Å². The van der Waals surface area contributed by atoms with Gasteiger partial charge in [-0.05, 0) is 51.9 Å². The molecule has 19 heavy (non-hydrogen) atoms. The predicted octanol–water partition coefficient (Wildman–Crippen LogP) is 4.53. The second-order valence-corrected chi connectivity index (χ2v) is 7.38. The summed E-state index contributed by atoms with van der Waals surface area (Å²) in [7, 11) is 0. The Kier molecular flexibility index (Phi) is 7.38. The fourth-order valence-electron chi connectivity index (χ4n) is 2.91. The Hall–Kier alpha value is -0.0800. The number of hydrogen-bond donors (Lipinski definition) is 1. The molecule has 1 aliphatic rings. The number of nitrogens with one attached hydrogen (secondary N) is 1. The third kappa shape index (κ3) is 7.31. The molecule has 0 aromatic rings. The molecule has 0 saturated heterocycles. The van der Waals surface area contributed by atoms with E-state index >= 15 is 0 Å². The lowest BCUT2D eigenvalue weighted by molar-refractivity contribution is 0.0679. The fraction of sp³-hybridized carbons (Fsp3) is 1.00. The summed E-state index contributed by atoms with van der Waals surface area (Å²) in [6.07, 6.45) is 10.7. The third-order valence-corrected chi connectivity index (χ3v) is 4.33. The number of rotatable bonds is 8. The van der Waals surface area contributed by atoms with Crippen LogP contribution in [0.15, 0.2) is 0 Å². The summed E-state index contributed by atoms with van der Waals surface area (Å²) in [5.74, 6) is 0. The van der Waals surface area contributed by atoms with Gasteiger partial charge in [0.15, 0.2) is 0 Å². The highest BCUT2D eigenvalue weighted by atomic mass is 16.5. The number of ether oxygens (including phenoxy) is 1. The molecule has 0 unspecified atom stereocenters. The minimum Gasteiger partial charge on any atom is -0.381 e. The summed E-state index contributed by atoms with van der Waals surface area (Å²) in [6, 6.07) is 0. The van der Waals surface area contributed by atoms with Crippen molar-refractivity contribution in [2.24, 2.45) is 5.41 Å². The van der Waals surface area contributed by atoms with E-state index in [1.54, 1.807) is 0 Å². The quantitative estimate of drug-likeness (QED) is 0.654. The molecule has 0 radical (unpaired) electrons. The molecule has 1 rings (SSSR count). The Morgan fingerprint density at radius 3 is 2.32 bits per heavy atom. The maximum atomic E-state index is 5.81. The summed E-state index contributed by atoms with van der Waals surface area (Å²) in [5, 5.41) is 3.73. The molecule has 0 atom stereocenters. The molecule has 0 aliphatic heterocycles. The van der Waals surface area contributed by atoms with Crippen LogP contribution >= 0.6 is 0 Å². The molecule has 0 aromatic heterocycles. The standard InChI is InChI=1S/C17H35NO/c1-5-6-13-19-14-12-17(10-8-7-9-11-17)15-18-16(2,3)4/h18H,5-15H2,1-4H3. The lowest BCUT2D eigenvalue weighted by atomic mass is 9.71. The van der Waals surface area contributed by atoms with Crippen LogP contribution in [0.25, 0.3) is 0 Å². The van der Waals surface area contributed by atoms with Crippen LogP contribution in [0.4, 0.5) is 0 Å². The van der Waals surface area contributed by atoms with Crippen LogP contribution in [0, 0.1) is 5.41 Å². The van der Waals surface area contributed by atoms with Gasteiger partial charge in [-0.1, -0.05) is 32.6 Å². The molecule has 0 bridgehead atoms. The highest BCUT2D eigenvalue weighted by Gasteiger charge is 2.32. The Balaban J connectivity index is 2.36. The third-order valence-electron chi connectivity index (χ3n) is 4.33. The van der Waals surface area contributed by atoms with Gasteiger partial charge in [-0.25, -0.2) is 0 Å². The zero-order chi connectivity index (χ0) is 14.2. The number of unbranched alkanes of at least 4 members (excludes halogenated alkanes) is 1. The van der Waals surface area contributed by atoms with E-state index in [0.717, 1.165) is 19.8 Å². The van der Waals surface area contributed by atoms with Gasteiger partial charge < -0.3 is 10.1 Å². The summed E-state index contributed by atoms with van der Waals surface area (Å²) >= 11 is 0. The van der Waals surface area contributed by atoms with Crippen LogP contribution in [0.1, 0.15) is 79.1 Å². The topological polar surface area (TPSA) is 21.3 Å². The first-order valence-corrected chi connectivity index (χ1v) is 8.30. The average Bonchev–Trinajstić information content (AvgIpc) is 2.37. The second-order valence-electron chi connectivity index (χ2n) is 7.38. The predicted molar refractivity (Wildman–Crippen MR) is 83.6 cm³/mol. The molecule has 0 amide bonds. The van der Waals surface area contributed by atoms with Gasteiger partial charge in [0.1, 0.15) is 0 Å². The first-order valence-electron chi connectivity index (χ1n) is 8.30. The molecule has 114 valence electrons. The summed E-state index contributed by atoms with van der Waals surface area (Å²) in [5.41, 5.74) is 0.727. The van der Waals surface area contributed by atoms with Crippen molar-refractivity contribution in [2.75, 3.05) is 19.8 Å². The smallest absolute Gasteiger partial charge is 0.0471 e. The van der Waals surface area contributed by atoms with E-state index in [2.05, 4.69) is 33.0 Å². The Morgan fingerprint density at radius 2 is 1.74 bits per heavy atom. The van der Waals surface area contributed by atoms with E-state index in [1.165, 1.54) is 51.4 Å². The first-order chi connectivity index (χ1) is 8.97. The zero-order valence-electron chi connectivity index (χ0n) is 13.7. The van der Waals surface area contributed by atoms with Gasteiger partial charge in [-0.2, -0.15) is 0 Å². The largest absolute Gasteiger partial charge is 0.381 e. The number of hydrogen-bond acceptors (Lipinski definition) is 2. The lowest BCUT2D eigenvalue weighted by Crippen LogP contribution is -2.45. The molecule has 1 N–H and O–H groups in total. The molecule has 1 saturated carbocycles. The van der Waals surface area contributed by atoms with E-state index in [-0.39, 0.29) is 5.54 Å². The van der Waals surface area contributed by atoms with Gasteiger partial charge in [-0.15, -0.1) is 0 Å². The van der Waals surface area contributed by atoms with Crippen molar-refractivity contribution in [2.45, 2.75) is 84.6 Å². The Labute approximate surface area is 120 Å². The fourth-order valence-corrected chi connectivity index (χ4v) is 2.91. The zero-order valence-corrected chi connectivity index (χ0v) is 13.7. The normalized spacial score (nSPS) is 19.6. The van der Waals surface area contributed by atoms with Crippen molar-refractivity contribution in [3.8, 4) is 0 Å². The van der Waals surface area contributed by atoms with E-state index in [1.807, 2.05) is 0 Å². The maximum Gasteiger partial charge on any atom is 0.0471 e. The highest BCUT2D eigenvalue weighted by molar-refractivity contribution is 4.87. The van der Waals surface area contributed by atoms with Crippen LogP contribution in [0.2, 0.25) is 0 Å². The van der Waals surface area contributed by atoms with Gasteiger partial charge in [0.05, 0.1) is 0 Å². The Bertz CT molecular complexity index is 226. The van der Waals surface area contributed by atoms with Crippen molar-refractivity contribution < 1.29 is 4.74 Å². The molecule has 2 nitrogen and oxygen atoms in total.